The van der Waals surface area contributed by atoms with Crippen LogP contribution in [0.25, 0.3) is 0 Å². The van der Waals surface area contributed by atoms with Gasteiger partial charge in [-0.05, 0) is 18.6 Å². The van der Waals surface area contributed by atoms with E-state index in [9.17, 15) is 8.42 Å². The van der Waals surface area contributed by atoms with Crippen molar-refractivity contribution >= 4 is 50.6 Å². The van der Waals surface area contributed by atoms with Gasteiger partial charge < -0.3 is 4.90 Å². The molecule has 2 rings (SSSR count). The van der Waals surface area contributed by atoms with Crippen molar-refractivity contribution in [1.82, 2.24) is 0 Å². The molecule has 1 atom stereocenters. The van der Waals surface area contributed by atoms with Crippen LogP contribution in [0.15, 0.2) is 29.2 Å². The molecule has 1 unspecified atom stereocenters. The summed E-state index contributed by atoms with van der Waals surface area (Å²) in [5, 5.41) is 0. The quantitative estimate of drug-likeness (QED) is 0.446. The first kappa shape index (κ1) is 19.5. The molecule has 12 heteroatoms. The van der Waals surface area contributed by atoms with Crippen LogP contribution < -0.4 is 4.90 Å². The van der Waals surface area contributed by atoms with E-state index in [2.05, 4.69) is 12.6 Å². The zero-order valence-corrected chi connectivity index (χ0v) is 14.4. The van der Waals surface area contributed by atoms with Gasteiger partial charge in [-0.25, -0.2) is 0 Å². The highest BCUT2D eigenvalue weighted by Crippen LogP contribution is 2.44. The van der Waals surface area contributed by atoms with E-state index in [1.54, 1.807) is 11.8 Å². The second-order valence-corrected chi connectivity index (χ2v) is 8.62. The third kappa shape index (κ3) is 7.67. The number of benzene rings is 1. The number of hydrogen-bond acceptors (Lipinski definition) is 7. The minimum atomic E-state index is -4.67. The first-order valence-corrected chi connectivity index (χ1v) is 10.2. The third-order valence-electron chi connectivity index (χ3n) is 2.47. The zero-order valence-electron chi connectivity index (χ0n) is 11.1. The summed E-state index contributed by atoms with van der Waals surface area (Å²) in [5.74, 6) is -0.211. The Morgan fingerprint density at radius 3 is 2.23 bits per heavy atom. The zero-order chi connectivity index (χ0) is 17.0. The standard InChI is InChI=1S/C10H13NO3S3.H2O4S/c12-17(13,14)7-3-6-11-8-4-1-2-5-9(8)16-10(11)15;1-5(2,3)4/h1-2,4-5,10,15H,3,6-7H2,(H,12,13,14);(H2,1,2,3,4). The van der Waals surface area contributed by atoms with Crippen molar-refractivity contribution in [2.45, 2.75) is 16.0 Å². The Kier molecular flexibility index (Phi) is 6.98. The van der Waals surface area contributed by atoms with Crippen molar-refractivity contribution < 1.29 is 30.5 Å². The Balaban J connectivity index is 0.000000422. The largest absolute Gasteiger partial charge is 0.394 e. The molecule has 1 aliphatic heterocycles. The molecule has 1 aromatic rings. The molecule has 0 spiro atoms. The van der Waals surface area contributed by atoms with Gasteiger partial charge in [0.15, 0.2) is 0 Å². The monoisotopic (exact) mass is 389 g/mol. The molecule has 126 valence electrons. The summed E-state index contributed by atoms with van der Waals surface area (Å²) in [7, 11) is -8.54. The minimum absolute atomic E-state index is 0.00815. The molecule has 0 saturated carbocycles. The van der Waals surface area contributed by atoms with Crippen LogP contribution in [0.2, 0.25) is 0 Å². The lowest BCUT2D eigenvalue weighted by Crippen LogP contribution is -2.27. The van der Waals surface area contributed by atoms with Crippen molar-refractivity contribution in [3.05, 3.63) is 24.3 Å². The van der Waals surface area contributed by atoms with E-state index >= 15 is 0 Å². The maximum Gasteiger partial charge on any atom is 0.394 e. The first-order valence-electron chi connectivity index (χ1n) is 5.83. The molecule has 1 aliphatic rings. The highest BCUT2D eigenvalue weighted by molar-refractivity contribution is 8.11. The number of para-hydroxylation sites is 1. The predicted molar refractivity (Wildman–Crippen MR) is 87.6 cm³/mol. The highest BCUT2D eigenvalue weighted by Gasteiger charge is 2.26. The molecule has 0 bridgehead atoms. The van der Waals surface area contributed by atoms with E-state index in [-0.39, 0.29) is 10.5 Å². The molecule has 0 radical (unpaired) electrons. The summed E-state index contributed by atoms with van der Waals surface area (Å²) in [5.41, 5.74) is 1.08. The maximum atomic E-state index is 10.6. The lowest BCUT2D eigenvalue weighted by Gasteiger charge is -2.22. The maximum absolute atomic E-state index is 10.6. The summed E-state index contributed by atoms with van der Waals surface area (Å²) in [4.78, 5) is 3.19. The molecule has 1 aromatic carbocycles. The average molecular weight is 389 g/mol. The van der Waals surface area contributed by atoms with E-state index in [0.717, 1.165) is 10.6 Å². The number of thioether (sulfide) groups is 1. The molecule has 8 nitrogen and oxygen atoms in total. The summed E-state index contributed by atoms with van der Waals surface area (Å²) >= 11 is 6.09. The number of thiol groups is 1. The van der Waals surface area contributed by atoms with Gasteiger partial charge >= 0.3 is 10.4 Å². The third-order valence-corrected chi connectivity index (χ3v) is 4.94. The molecular formula is C10H15NO7S4. The van der Waals surface area contributed by atoms with Crippen LogP contribution in [-0.2, 0) is 20.5 Å². The molecule has 0 aromatic heterocycles. The van der Waals surface area contributed by atoms with Gasteiger partial charge in [0.25, 0.3) is 10.1 Å². The van der Waals surface area contributed by atoms with Gasteiger partial charge in [-0.15, -0.1) is 12.6 Å². The molecule has 0 saturated heterocycles. The molecule has 0 aliphatic carbocycles. The van der Waals surface area contributed by atoms with Gasteiger partial charge in [0, 0.05) is 11.4 Å². The van der Waals surface area contributed by atoms with E-state index in [0.29, 0.717) is 13.0 Å². The van der Waals surface area contributed by atoms with Crippen LogP contribution in [-0.4, -0.2) is 47.5 Å². The normalized spacial score (nSPS) is 17.6. The van der Waals surface area contributed by atoms with Crippen molar-refractivity contribution in [2.24, 2.45) is 0 Å². The molecule has 22 heavy (non-hydrogen) atoms. The second-order valence-electron chi connectivity index (χ2n) is 4.19. The number of nitrogens with zero attached hydrogens (tertiary/aromatic N) is 1. The van der Waals surface area contributed by atoms with E-state index in [1.165, 1.54) is 0 Å². The fourth-order valence-corrected chi connectivity index (χ4v) is 3.85. The summed E-state index contributed by atoms with van der Waals surface area (Å²) in [6.07, 6.45) is 0.394. The van der Waals surface area contributed by atoms with E-state index < -0.39 is 20.5 Å². The van der Waals surface area contributed by atoms with Gasteiger partial charge in [0.1, 0.15) is 4.71 Å². The molecule has 0 fully saturated rings. The van der Waals surface area contributed by atoms with Gasteiger partial charge in [-0.1, -0.05) is 23.9 Å². The van der Waals surface area contributed by atoms with Gasteiger partial charge in [0.2, 0.25) is 0 Å². The van der Waals surface area contributed by atoms with Crippen LogP contribution in [0.5, 0.6) is 0 Å². The number of anilines is 1. The lowest BCUT2D eigenvalue weighted by molar-refractivity contribution is 0.381. The van der Waals surface area contributed by atoms with Crippen LogP contribution >= 0.6 is 24.4 Å². The Bertz CT molecular complexity index is 696. The highest BCUT2D eigenvalue weighted by atomic mass is 32.3. The summed E-state index contributed by atoms with van der Waals surface area (Å²) in [6, 6.07) is 7.92. The molecule has 0 amide bonds. The SMILES string of the molecule is O=S(=O)(O)CCCN1c2ccccc2SC1S.O=S(=O)(O)O. The average Bonchev–Trinajstić information content (AvgIpc) is 2.62. The Hall–Kier alpha value is -0.500. The predicted octanol–water partition coefficient (Wildman–Crippen LogP) is 1.44. The van der Waals surface area contributed by atoms with Crippen molar-refractivity contribution in [3.8, 4) is 0 Å². The number of rotatable bonds is 4. The smallest absolute Gasteiger partial charge is 0.350 e. The van der Waals surface area contributed by atoms with Crippen LogP contribution in [0, 0.1) is 0 Å². The molecular weight excluding hydrogens is 374 g/mol. The van der Waals surface area contributed by atoms with Crippen LogP contribution in [0.4, 0.5) is 5.69 Å². The van der Waals surface area contributed by atoms with E-state index in [1.807, 2.05) is 29.2 Å². The van der Waals surface area contributed by atoms with Gasteiger partial charge in [-0.3, -0.25) is 13.7 Å². The Morgan fingerprint density at radius 2 is 1.68 bits per heavy atom. The second kappa shape index (κ2) is 7.86. The number of hydrogen-bond donors (Lipinski definition) is 4. The molecule has 1 heterocycles. The minimum Gasteiger partial charge on any atom is -0.350 e. The van der Waals surface area contributed by atoms with Crippen molar-refractivity contribution in [1.29, 1.82) is 0 Å². The summed E-state index contributed by atoms with van der Waals surface area (Å²) < 4.78 is 61.6. The van der Waals surface area contributed by atoms with Gasteiger partial charge in [0.05, 0.1) is 11.4 Å². The Morgan fingerprint density at radius 1 is 1.14 bits per heavy atom. The van der Waals surface area contributed by atoms with E-state index in [4.69, 9.17) is 22.1 Å². The fraction of sp³-hybridized carbons (Fsp3) is 0.400. The fourth-order valence-electron chi connectivity index (χ4n) is 1.74. The Labute approximate surface area is 138 Å². The van der Waals surface area contributed by atoms with Crippen LogP contribution in [0.3, 0.4) is 0 Å². The number of fused-ring (bicyclic) bond motifs is 1. The summed E-state index contributed by atoms with van der Waals surface area (Å²) in [6.45, 7) is 0.567. The van der Waals surface area contributed by atoms with Crippen molar-refractivity contribution in [3.63, 3.8) is 0 Å². The van der Waals surface area contributed by atoms with Gasteiger partial charge in [-0.2, -0.15) is 16.8 Å². The van der Waals surface area contributed by atoms with Crippen molar-refractivity contribution in [2.75, 3.05) is 17.2 Å². The topological polar surface area (TPSA) is 132 Å². The van der Waals surface area contributed by atoms with Crippen LogP contribution in [0.1, 0.15) is 6.42 Å². The molecule has 3 N–H and O–H groups in total. The lowest BCUT2D eigenvalue weighted by atomic mass is 10.3. The first-order chi connectivity index (χ1) is 9.97.